The summed E-state index contributed by atoms with van der Waals surface area (Å²) in [5.41, 5.74) is 4.34. The first-order chi connectivity index (χ1) is 21.2. The van der Waals surface area contributed by atoms with Gasteiger partial charge in [0.2, 0.25) is 5.82 Å². The fourth-order valence-corrected chi connectivity index (χ4v) is 6.66. The van der Waals surface area contributed by atoms with Gasteiger partial charge >= 0.3 is 5.97 Å². The number of aromatic nitrogens is 8. The van der Waals surface area contributed by atoms with Gasteiger partial charge in [0.15, 0.2) is 5.52 Å². The molecule has 2 aromatic carbocycles. The minimum Gasteiger partial charge on any atom is -0.403 e. The standard InChI is InChI=1S/C32H34N8O3/c41-30-27-26(31(37-36-30)43-32(42)23-11-5-2-6-12-23)33-29(22-9-3-1-4-10-22)40(27)19-20-15-17-21(18-16-20)24-13-7-8-14-25(24)28-34-38-39-35-28/h7-8,13-18,22-23H,1-6,9-12,19H2,(H,36,41)(H,34,35,38,39). The number of aromatic amines is 2. The Bertz CT molecular complexity index is 1780. The van der Waals surface area contributed by atoms with Gasteiger partial charge in [-0.2, -0.15) is 5.21 Å². The Morgan fingerprint density at radius 1 is 0.884 bits per heavy atom. The number of benzene rings is 2. The molecular formula is C32H34N8O3. The molecule has 3 aromatic heterocycles. The molecule has 2 aliphatic rings. The molecule has 0 atom stereocenters. The summed E-state index contributed by atoms with van der Waals surface area (Å²) in [7, 11) is 0. The molecule has 0 aliphatic heterocycles. The smallest absolute Gasteiger partial charge is 0.315 e. The highest BCUT2D eigenvalue weighted by Gasteiger charge is 2.29. The second-order valence-corrected chi connectivity index (χ2v) is 11.7. The van der Waals surface area contributed by atoms with E-state index < -0.39 is 0 Å². The monoisotopic (exact) mass is 578 g/mol. The van der Waals surface area contributed by atoms with Crippen LogP contribution in [0.1, 0.15) is 81.5 Å². The van der Waals surface area contributed by atoms with Crippen LogP contribution in [0.5, 0.6) is 5.88 Å². The van der Waals surface area contributed by atoms with Crippen LogP contribution in [0, 0.1) is 5.92 Å². The van der Waals surface area contributed by atoms with Gasteiger partial charge in [-0.25, -0.2) is 10.1 Å². The van der Waals surface area contributed by atoms with Gasteiger partial charge in [0, 0.05) is 18.0 Å². The summed E-state index contributed by atoms with van der Waals surface area (Å²) < 4.78 is 7.83. The molecule has 43 heavy (non-hydrogen) atoms. The molecule has 11 nitrogen and oxygen atoms in total. The van der Waals surface area contributed by atoms with Crippen molar-refractivity contribution >= 4 is 17.0 Å². The Hall–Kier alpha value is -4.67. The zero-order valence-electron chi connectivity index (χ0n) is 24.0. The Balaban J connectivity index is 1.24. The number of tetrazole rings is 1. The average Bonchev–Trinajstić information content (AvgIpc) is 3.73. The molecule has 2 aliphatic carbocycles. The van der Waals surface area contributed by atoms with Crippen molar-refractivity contribution in [3.8, 4) is 28.4 Å². The zero-order chi connectivity index (χ0) is 29.2. The number of fused-ring (bicyclic) bond motifs is 1. The van der Waals surface area contributed by atoms with Gasteiger partial charge in [0.25, 0.3) is 11.4 Å². The molecule has 0 radical (unpaired) electrons. The summed E-state index contributed by atoms with van der Waals surface area (Å²) in [6, 6.07) is 16.2. The van der Waals surface area contributed by atoms with E-state index in [1.54, 1.807) is 0 Å². The van der Waals surface area contributed by atoms with E-state index >= 15 is 0 Å². The van der Waals surface area contributed by atoms with Crippen molar-refractivity contribution in [1.29, 1.82) is 0 Å². The van der Waals surface area contributed by atoms with E-state index in [9.17, 15) is 9.59 Å². The minimum atomic E-state index is -0.340. The fraction of sp³-hybridized carbons (Fsp3) is 0.406. The summed E-state index contributed by atoms with van der Waals surface area (Å²) in [6.45, 7) is 0.457. The Morgan fingerprint density at radius 3 is 2.33 bits per heavy atom. The van der Waals surface area contributed by atoms with Crippen molar-refractivity contribution in [3.63, 3.8) is 0 Å². The van der Waals surface area contributed by atoms with Gasteiger partial charge in [-0.15, -0.1) is 15.3 Å². The second kappa shape index (κ2) is 11.9. The molecule has 2 N–H and O–H groups in total. The highest BCUT2D eigenvalue weighted by Crippen LogP contribution is 2.36. The largest absolute Gasteiger partial charge is 0.403 e. The zero-order valence-corrected chi connectivity index (χ0v) is 24.0. The van der Waals surface area contributed by atoms with Crippen molar-refractivity contribution in [1.82, 2.24) is 40.4 Å². The molecule has 0 spiro atoms. The number of carbonyl (C=O) groups excluding carboxylic acids is 1. The van der Waals surface area contributed by atoms with Crippen molar-refractivity contribution in [2.75, 3.05) is 0 Å². The molecule has 0 unspecified atom stereocenters. The van der Waals surface area contributed by atoms with Crippen LogP contribution in [0.3, 0.4) is 0 Å². The average molecular weight is 579 g/mol. The highest BCUT2D eigenvalue weighted by atomic mass is 16.5. The molecule has 11 heteroatoms. The molecule has 2 fully saturated rings. The third-order valence-corrected chi connectivity index (χ3v) is 8.90. The summed E-state index contributed by atoms with van der Waals surface area (Å²) in [5.74, 6) is 1.29. The van der Waals surface area contributed by atoms with Gasteiger partial charge in [0.05, 0.1) is 5.92 Å². The normalized spacial score (nSPS) is 16.5. The Labute approximate surface area is 248 Å². The number of H-pyrrole nitrogens is 2. The van der Waals surface area contributed by atoms with Crippen molar-refractivity contribution in [2.24, 2.45) is 5.92 Å². The molecule has 3 heterocycles. The van der Waals surface area contributed by atoms with E-state index in [4.69, 9.17) is 9.72 Å². The van der Waals surface area contributed by atoms with E-state index in [1.165, 1.54) is 6.42 Å². The number of nitrogens with zero attached hydrogens (tertiary/aromatic N) is 6. The van der Waals surface area contributed by atoms with Gasteiger partial charge in [-0.1, -0.05) is 87.1 Å². The van der Waals surface area contributed by atoms with Crippen LogP contribution < -0.4 is 10.3 Å². The molecule has 7 rings (SSSR count). The molecule has 0 bridgehead atoms. The van der Waals surface area contributed by atoms with Gasteiger partial charge in [-0.3, -0.25) is 9.59 Å². The number of hydrogen-bond donors (Lipinski definition) is 2. The van der Waals surface area contributed by atoms with Crippen LogP contribution >= 0.6 is 0 Å². The maximum atomic E-state index is 13.3. The van der Waals surface area contributed by atoms with Crippen LogP contribution in [0.4, 0.5) is 0 Å². The summed E-state index contributed by atoms with van der Waals surface area (Å²) in [4.78, 5) is 31.3. The van der Waals surface area contributed by atoms with E-state index in [2.05, 4.69) is 55.1 Å². The Kier molecular flexibility index (Phi) is 7.53. The van der Waals surface area contributed by atoms with E-state index in [0.717, 1.165) is 85.9 Å². The maximum Gasteiger partial charge on any atom is 0.315 e. The lowest BCUT2D eigenvalue weighted by atomic mass is 9.88. The van der Waals surface area contributed by atoms with Gasteiger partial charge in [0.1, 0.15) is 11.3 Å². The van der Waals surface area contributed by atoms with E-state index in [1.807, 2.05) is 28.8 Å². The lowest BCUT2D eigenvalue weighted by molar-refractivity contribution is -0.140. The van der Waals surface area contributed by atoms with Crippen molar-refractivity contribution in [2.45, 2.75) is 76.7 Å². The number of imidazole rings is 1. The first kappa shape index (κ1) is 27.2. The Morgan fingerprint density at radius 2 is 1.60 bits per heavy atom. The number of ether oxygens (including phenoxy) is 1. The molecule has 5 aromatic rings. The molecule has 0 saturated heterocycles. The van der Waals surface area contributed by atoms with E-state index in [0.29, 0.717) is 23.4 Å². The quantitative estimate of drug-likeness (QED) is 0.239. The number of rotatable bonds is 7. The number of nitrogens with one attached hydrogen (secondary N) is 2. The van der Waals surface area contributed by atoms with Crippen LogP contribution in [0.15, 0.2) is 53.3 Å². The first-order valence-electron chi connectivity index (χ1n) is 15.3. The lowest BCUT2D eigenvalue weighted by Crippen LogP contribution is -2.24. The highest BCUT2D eigenvalue weighted by molar-refractivity contribution is 5.84. The fourth-order valence-electron chi connectivity index (χ4n) is 6.66. The molecule has 2 saturated carbocycles. The minimum absolute atomic E-state index is 0.0920. The number of hydrogen-bond acceptors (Lipinski definition) is 8. The SMILES string of the molecule is O=C(Oc1n[nH]c(=O)c2c1nc(C1CCCCC1)n2Cc1ccc(-c2ccccc2-c2nn[nH]n2)cc1)C1CCCCC1. The summed E-state index contributed by atoms with van der Waals surface area (Å²) in [5, 5.41) is 21.3. The van der Waals surface area contributed by atoms with Crippen LogP contribution in [0.2, 0.25) is 0 Å². The first-order valence-corrected chi connectivity index (χ1v) is 15.3. The lowest BCUT2D eigenvalue weighted by Gasteiger charge is -2.22. The third kappa shape index (κ3) is 5.47. The predicted octanol–water partition coefficient (Wildman–Crippen LogP) is 5.55. The number of carbonyl (C=O) groups is 1. The summed E-state index contributed by atoms with van der Waals surface area (Å²) >= 11 is 0. The van der Waals surface area contributed by atoms with Crippen molar-refractivity contribution < 1.29 is 9.53 Å². The third-order valence-electron chi connectivity index (χ3n) is 8.90. The maximum absolute atomic E-state index is 13.3. The number of esters is 1. The molecular weight excluding hydrogens is 544 g/mol. The van der Waals surface area contributed by atoms with E-state index in [-0.39, 0.29) is 29.2 Å². The van der Waals surface area contributed by atoms with Gasteiger partial charge < -0.3 is 9.30 Å². The van der Waals surface area contributed by atoms with Crippen LogP contribution in [-0.4, -0.2) is 46.3 Å². The predicted molar refractivity (Wildman–Crippen MR) is 160 cm³/mol. The van der Waals surface area contributed by atoms with Crippen LogP contribution in [-0.2, 0) is 11.3 Å². The topological polar surface area (TPSA) is 144 Å². The van der Waals surface area contributed by atoms with Crippen LogP contribution in [0.25, 0.3) is 33.5 Å². The second-order valence-electron chi connectivity index (χ2n) is 11.7. The van der Waals surface area contributed by atoms with Gasteiger partial charge in [-0.05, 0) is 47.6 Å². The summed E-state index contributed by atoms with van der Waals surface area (Å²) in [6.07, 6.45) is 10.3. The van der Waals surface area contributed by atoms with Crippen molar-refractivity contribution in [3.05, 3.63) is 70.3 Å². The molecule has 220 valence electrons. The molecule has 0 amide bonds.